The van der Waals surface area contributed by atoms with Crippen LogP contribution < -0.4 is 4.74 Å². The van der Waals surface area contributed by atoms with Gasteiger partial charge in [0.1, 0.15) is 24.1 Å². The maximum absolute atomic E-state index is 14.1. The Hall–Kier alpha value is -3.61. The number of allylic oxidation sites excluding steroid dienone is 2. The highest BCUT2D eigenvalue weighted by Crippen LogP contribution is 2.43. The molecule has 164 valence electrons. The molecule has 4 nitrogen and oxygen atoms in total. The fourth-order valence-corrected chi connectivity index (χ4v) is 3.92. The smallest absolute Gasteiger partial charge is 0.335 e. The molecule has 1 aliphatic carbocycles. The fourth-order valence-electron chi connectivity index (χ4n) is 3.92. The average molecular weight is 439 g/mol. The Morgan fingerprint density at radius 3 is 2.56 bits per heavy atom. The van der Waals surface area contributed by atoms with Crippen LogP contribution in [0.2, 0.25) is 0 Å². The summed E-state index contributed by atoms with van der Waals surface area (Å²) in [5, 5.41) is 9.29. The second-order valence-corrected chi connectivity index (χ2v) is 7.73. The van der Waals surface area contributed by atoms with E-state index >= 15 is 0 Å². The minimum Gasteiger partial charge on any atom is -0.478 e. The summed E-state index contributed by atoms with van der Waals surface area (Å²) in [5.74, 6) is -2.92. The van der Waals surface area contributed by atoms with E-state index in [4.69, 9.17) is 4.74 Å². The predicted octanol–water partition coefficient (Wildman–Crippen LogP) is 6.18. The summed E-state index contributed by atoms with van der Waals surface area (Å²) in [4.78, 5) is 15.7. The first-order valence-electron chi connectivity index (χ1n) is 10.1. The topological polar surface area (TPSA) is 59.4 Å². The van der Waals surface area contributed by atoms with Gasteiger partial charge in [0.25, 0.3) is 0 Å². The third-order valence-electron chi connectivity index (χ3n) is 5.40. The summed E-state index contributed by atoms with van der Waals surface area (Å²) >= 11 is 0. The third kappa shape index (κ3) is 4.51. The molecule has 1 heterocycles. The molecule has 0 atom stereocenters. The van der Waals surface area contributed by atoms with E-state index < -0.39 is 23.4 Å². The highest BCUT2D eigenvalue weighted by Gasteiger charge is 2.23. The van der Waals surface area contributed by atoms with Gasteiger partial charge in [0.05, 0.1) is 5.56 Å². The molecular weight excluding hydrogens is 419 g/mol. The number of rotatable bonds is 6. The molecule has 1 aromatic heterocycles. The minimum atomic E-state index is -1.20. The van der Waals surface area contributed by atoms with E-state index in [1.54, 1.807) is 6.20 Å². The number of carboxylic acid groups (broad SMARTS) is 1. The van der Waals surface area contributed by atoms with Crippen molar-refractivity contribution in [2.24, 2.45) is 0 Å². The van der Waals surface area contributed by atoms with Gasteiger partial charge in [-0.05, 0) is 84.9 Å². The number of halogens is 3. The van der Waals surface area contributed by atoms with Gasteiger partial charge in [-0.25, -0.2) is 22.9 Å². The normalized spacial score (nSPS) is 13.5. The molecule has 0 saturated heterocycles. The van der Waals surface area contributed by atoms with Gasteiger partial charge in [0.2, 0.25) is 5.88 Å². The molecule has 1 N–H and O–H groups in total. The van der Waals surface area contributed by atoms with Gasteiger partial charge >= 0.3 is 5.97 Å². The van der Waals surface area contributed by atoms with E-state index in [9.17, 15) is 23.1 Å². The Kier molecular flexibility index (Phi) is 5.99. The van der Waals surface area contributed by atoms with Crippen LogP contribution in [0.3, 0.4) is 0 Å². The molecule has 7 heteroatoms. The molecule has 0 amide bonds. The number of ether oxygens (including phenoxy) is 1. The van der Waals surface area contributed by atoms with E-state index in [0.717, 1.165) is 41.3 Å². The third-order valence-corrected chi connectivity index (χ3v) is 5.40. The molecule has 2 aromatic carbocycles. The molecule has 0 spiro atoms. The van der Waals surface area contributed by atoms with Gasteiger partial charge in [-0.15, -0.1) is 0 Å². The van der Waals surface area contributed by atoms with Crippen molar-refractivity contribution in [2.45, 2.75) is 32.8 Å². The van der Waals surface area contributed by atoms with Gasteiger partial charge in [-0.3, -0.25) is 0 Å². The molecule has 32 heavy (non-hydrogen) atoms. The minimum absolute atomic E-state index is 0.121. The lowest BCUT2D eigenvalue weighted by atomic mass is 9.95. The Morgan fingerprint density at radius 2 is 1.81 bits per heavy atom. The van der Waals surface area contributed by atoms with Gasteiger partial charge in [-0.1, -0.05) is 0 Å². The maximum atomic E-state index is 14.1. The summed E-state index contributed by atoms with van der Waals surface area (Å²) in [6, 6.07) is 8.94. The summed E-state index contributed by atoms with van der Waals surface area (Å²) < 4.78 is 47.1. The lowest BCUT2D eigenvalue weighted by molar-refractivity contribution is 0.0696. The zero-order valence-corrected chi connectivity index (χ0v) is 17.3. The van der Waals surface area contributed by atoms with E-state index in [0.29, 0.717) is 24.0 Å². The summed E-state index contributed by atoms with van der Waals surface area (Å²) in [6.45, 7) is 1.74. The maximum Gasteiger partial charge on any atom is 0.335 e. The van der Waals surface area contributed by atoms with Crippen LogP contribution in [0.25, 0.3) is 11.1 Å². The number of aryl methyl sites for hydroxylation is 1. The summed E-state index contributed by atoms with van der Waals surface area (Å²) in [7, 11) is 0. The Labute approximate surface area is 183 Å². The van der Waals surface area contributed by atoms with Crippen LogP contribution >= 0.6 is 0 Å². The second kappa shape index (κ2) is 8.86. The molecule has 0 unspecified atom stereocenters. The highest BCUT2D eigenvalue weighted by atomic mass is 19.1. The van der Waals surface area contributed by atoms with Gasteiger partial charge < -0.3 is 9.84 Å². The van der Waals surface area contributed by atoms with E-state index in [1.165, 1.54) is 18.2 Å². The zero-order chi connectivity index (χ0) is 22.8. The standard InChI is InChI=1S/C25H20F3NO3/c1-14-7-22(24(29-12-14)32-13-15-5-6-18(26)11-23(15)28)21-4-2-3-20(21)16-8-17(25(30)31)10-19(27)9-16/h5-12H,2-4,13H2,1H3,(H,30,31). The number of pyridine rings is 1. The van der Waals surface area contributed by atoms with Gasteiger partial charge in [-0.2, -0.15) is 0 Å². The van der Waals surface area contributed by atoms with Crippen molar-refractivity contribution < 1.29 is 27.8 Å². The van der Waals surface area contributed by atoms with Crippen LogP contribution in [-0.4, -0.2) is 16.1 Å². The van der Waals surface area contributed by atoms with Crippen molar-refractivity contribution >= 4 is 17.1 Å². The fraction of sp³-hybridized carbons (Fsp3) is 0.200. The first-order chi connectivity index (χ1) is 15.3. The largest absolute Gasteiger partial charge is 0.478 e. The number of aromatic nitrogens is 1. The predicted molar refractivity (Wildman–Crippen MR) is 114 cm³/mol. The average Bonchev–Trinajstić information content (AvgIpc) is 3.23. The molecule has 0 saturated carbocycles. The molecular formula is C25H20F3NO3. The number of carboxylic acids is 1. The summed E-state index contributed by atoms with van der Waals surface area (Å²) in [6.07, 6.45) is 3.77. The SMILES string of the molecule is Cc1cnc(OCc2ccc(F)cc2F)c(C2=C(c3cc(F)cc(C(=O)O)c3)CCC2)c1. The molecule has 0 radical (unpaired) electrons. The van der Waals surface area contributed by atoms with Gasteiger partial charge in [0.15, 0.2) is 0 Å². The molecule has 0 aliphatic heterocycles. The number of aromatic carboxylic acids is 1. The number of nitrogens with zero attached hydrogens (tertiary/aromatic N) is 1. The molecule has 0 fully saturated rings. The summed E-state index contributed by atoms with van der Waals surface area (Å²) in [5.41, 5.74) is 3.87. The van der Waals surface area contributed by atoms with Crippen LogP contribution in [0.5, 0.6) is 5.88 Å². The van der Waals surface area contributed by atoms with Crippen molar-refractivity contribution in [1.82, 2.24) is 4.98 Å². The Balaban J connectivity index is 1.74. The highest BCUT2D eigenvalue weighted by molar-refractivity contribution is 5.96. The first kappa shape index (κ1) is 21.6. The number of carbonyl (C=O) groups is 1. The van der Waals surface area contributed by atoms with E-state index in [-0.39, 0.29) is 23.6 Å². The zero-order valence-electron chi connectivity index (χ0n) is 17.3. The number of hydrogen-bond acceptors (Lipinski definition) is 3. The van der Waals surface area contributed by atoms with Crippen molar-refractivity contribution in [3.8, 4) is 5.88 Å². The van der Waals surface area contributed by atoms with E-state index in [1.807, 2.05) is 13.0 Å². The quantitative estimate of drug-likeness (QED) is 0.498. The van der Waals surface area contributed by atoms with Crippen LogP contribution in [0.4, 0.5) is 13.2 Å². The van der Waals surface area contributed by atoms with Crippen molar-refractivity contribution in [1.29, 1.82) is 0 Å². The van der Waals surface area contributed by atoms with Crippen molar-refractivity contribution in [2.75, 3.05) is 0 Å². The molecule has 3 aromatic rings. The molecule has 0 bridgehead atoms. The van der Waals surface area contributed by atoms with Gasteiger partial charge in [0, 0.05) is 23.4 Å². The second-order valence-electron chi connectivity index (χ2n) is 7.73. The van der Waals surface area contributed by atoms with E-state index in [2.05, 4.69) is 4.98 Å². The van der Waals surface area contributed by atoms with Crippen LogP contribution in [0, 0.1) is 24.4 Å². The number of benzene rings is 2. The Bertz CT molecular complexity index is 1240. The Morgan fingerprint density at radius 1 is 1.03 bits per heavy atom. The lowest BCUT2D eigenvalue weighted by Gasteiger charge is -2.15. The lowest BCUT2D eigenvalue weighted by Crippen LogP contribution is -2.04. The first-order valence-corrected chi connectivity index (χ1v) is 10.1. The van der Waals surface area contributed by atoms with Crippen molar-refractivity contribution in [3.05, 3.63) is 93.9 Å². The molecule has 1 aliphatic rings. The monoisotopic (exact) mass is 439 g/mol. The van der Waals surface area contributed by atoms with Crippen LogP contribution in [0.15, 0.2) is 48.7 Å². The number of hydrogen-bond donors (Lipinski definition) is 1. The van der Waals surface area contributed by atoms with Crippen molar-refractivity contribution in [3.63, 3.8) is 0 Å². The van der Waals surface area contributed by atoms with Crippen LogP contribution in [0.1, 0.15) is 51.9 Å². The molecule has 4 rings (SSSR count). The van der Waals surface area contributed by atoms with Crippen LogP contribution in [-0.2, 0) is 6.61 Å².